The molecule has 3 saturated heterocycles. The van der Waals surface area contributed by atoms with Gasteiger partial charge in [0.15, 0.2) is 5.60 Å². The Morgan fingerprint density at radius 3 is 2.47 bits per heavy atom. The summed E-state index contributed by atoms with van der Waals surface area (Å²) >= 11 is 0. The first-order chi connectivity index (χ1) is 13.9. The normalized spacial score (nSPS) is 52.7. The number of epoxide rings is 1. The fraction of sp³-hybridized carbons (Fsp3) is 0.810. The van der Waals surface area contributed by atoms with Gasteiger partial charge in [0.1, 0.15) is 35.8 Å². The summed E-state index contributed by atoms with van der Waals surface area (Å²) in [5.41, 5.74) is -5.15. The fourth-order valence-electron chi connectivity index (χ4n) is 6.97. The lowest BCUT2D eigenvalue weighted by atomic mass is 9.49. The Bertz CT molecular complexity index is 874. The third-order valence-electron chi connectivity index (χ3n) is 8.42. The highest BCUT2D eigenvalue weighted by molar-refractivity contribution is 5.92. The molecule has 1 spiro atoms. The molecule has 2 bridgehead atoms. The van der Waals surface area contributed by atoms with E-state index in [-0.39, 0.29) is 6.42 Å². The minimum atomic E-state index is -1.75. The largest absolute Gasteiger partial charge is 0.501 e. The van der Waals surface area contributed by atoms with E-state index in [1.807, 2.05) is 0 Å². The molecule has 5 fully saturated rings. The number of aliphatic hydroxyl groups is 2. The van der Waals surface area contributed by atoms with Crippen molar-refractivity contribution in [2.45, 2.75) is 75.3 Å². The van der Waals surface area contributed by atoms with Gasteiger partial charge in [-0.05, 0) is 20.8 Å². The van der Waals surface area contributed by atoms with Gasteiger partial charge in [-0.15, -0.1) is 0 Å². The third-order valence-corrected chi connectivity index (χ3v) is 8.42. The van der Waals surface area contributed by atoms with Crippen molar-refractivity contribution in [3.63, 3.8) is 0 Å². The number of esters is 2. The smallest absolute Gasteiger partial charge is 0.338 e. The highest BCUT2D eigenvalue weighted by atomic mass is 16.7. The van der Waals surface area contributed by atoms with Gasteiger partial charge in [-0.2, -0.15) is 0 Å². The summed E-state index contributed by atoms with van der Waals surface area (Å²) in [7, 11) is 2.94. The van der Waals surface area contributed by atoms with Crippen molar-refractivity contribution in [1.82, 2.24) is 0 Å². The fourth-order valence-corrected chi connectivity index (χ4v) is 6.97. The van der Waals surface area contributed by atoms with Crippen LogP contribution in [0.25, 0.3) is 0 Å². The predicted molar refractivity (Wildman–Crippen MR) is 98.8 cm³/mol. The van der Waals surface area contributed by atoms with Gasteiger partial charge in [0.05, 0.1) is 29.6 Å². The van der Waals surface area contributed by atoms with Crippen molar-refractivity contribution in [2.24, 2.45) is 17.3 Å². The number of carbonyl (C=O) groups is 2. The second-order valence-corrected chi connectivity index (χ2v) is 9.91. The number of ether oxygens (including phenoxy) is 5. The van der Waals surface area contributed by atoms with E-state index < -0.39 is 70.4 Å². The molecule has 2 N–H and O–H groups in total. The zero-order chi connectivity index (χ0) is 22.0. The summed E-state index contributed by atoms with van der Waals surface area (Å²) in [5.74, 6) is -2.44. The second kappa shape index (κ2) is 5.56. The van der Waals surface area contributed by atoms with Gasteiger partial charge < -0.3 is 33.9 Å². The summed E-state index contributed by atoms with van der Waals surface area (Å²) in [6.07, 6.45) is -2.80. The molecule has 9 nitrogen and oxygen atoms in total. The van der Waals surface area contributed by atoms with Crippen molar-refractivity contribution in [3.05, 3.63) is 11.3 Å². The average Bonchev–Trinajstić information content (AvgIpc) is 3.26. The first kappa shape index (κ1) is 20.2. The maximum atomic E-state index is 13.0. The van der Waals surface area contributed by atoms with Crippen molar-refractivity contribution >= 4 is 11.9 Å². The summed E-state index contributed by atoms with van der Waals surface area (Å²) in [6, 6.07) is 0. The van der Waals surface area contributed by atoms with Gasteiger partial charge in [-0.3, -0.25) is 4.79 Å². The Kier molecular flexibility index (Phi) is 3.75. The summed E-state index contributed by atoms with van der Waals surface area (Å²) in [6.45, 7) is 6.64. The zero-order valence-electron chi connectivity index (χ0n) is 17.9. The van der Waals surface area contributed by atoms with E-state index in [1.165, 1.54) is 14.2 Å². The van der Waals surface area contributed by atoms with Crippen molar-refractivity contribution in [2.75, 3.05) is 14.2 Å². The van der Waals surface area contributed by atoms with Gasteiger partial charge in [-0.25, -0.2) is 4.79 Å². The van der Waals surface area contributed by atoms with Gasteiger partial charge >= 0.3 is 11.9 Å². The van der Waals surface area contributed by atoms with Crippen molar-refractivity contribution < 1.29 is 43.5 Å². The van der Waals surface area contributed by atoms with E-state index in [4.69, 9.17) is 23.7 Å². The van der Waals surface area contributed by atoms with Gasteiger partial charge in [0, 0.05) is 19.4 Å². The first-order valence-corrected chi connectivity index (χ1v) is 10.2. The quantitative estimate of drug-likeness (QED) is 0.280. The summed E-state index contributed by atoms with van der Waals surface area (Å²) < 4.78 is 28.6. The lowest BCUT2D eigenvalue weighted by Crippen LogP contribution is -2.74. The molecule has 5 aliphatic rings. The van der Waals surface area contributed by atoms with Crippen LogP contribution >= 0.6 is 0 Å². The topological polar surface area (TPSA) is 124 Å². The molecule has 9 atom stereocenters. The predicted octanol–water partition coefficient (Wildman–Crippen LogP) is 0.0682. The number of allylic oxidation sites excluding steroid dienone is 1. The maximum absolute atomic E-state index is 13.0. The molecule has 9 heteroatoms. The molecule has 9 unspecified atom stereocenters. The van der Waals surface area contributed by atoms with E-state index >= 15 is 0 Å². The highest BCUT2D eigenvalue weighted by Gasteiger charge is 2.93. The lowest BCUT2D eigenvalue weighted by molar-refractivity contribution is -0.291. The first-order valence-electron chi connectivity index (χ1n) is 10.2. The second-order valence-electron chi connectivity index (χ2n) is 9.91. The van der Waals surface area contributed by atoms with E-state index in [0.717, 1.165) is 0 Å². The van der Waals surface area contributed by atoms with Crippen LogP contribution in [0, 0.1) is 17.3 Å². The Balaban J connectivity index is 1.72. The Morgan fingerprint density at radius 1 is 1.23 bits per heavy atom. The van der Waals surface area contributed by atoms with Crippen LogP contribution in [-0.4, -0.2) is 77.6 Å². The minimum absolute atomic E-state index is 0.159. The van der Waals surface area contributed by atoms with Crippen LogP contribution in [0.3, 0.4) is 0 Å². The van der Waals surface area contributed by atoms with Crippen molar-refractivity contribution in [1.29, 1.82) is 0 Å². The number of carbonyl (C=O) groups excluding carboxylic acids is 2. The Labute approximate surface area is 174 Å². The summed E-state index contributed by atoms with van der Waals surface area (Å²) in [5, 5.41) is 23.1. The number of fused-ring (bicyclic) bond motifs is 8. The molecular formula is C21H28O9. The molecular weight excluding hydrogens is 396 g/mol. The zero-order valence-corrected chi connectivity index (χ0v) is 17.9. The van der Waals surface area contributed by atoms with E-state index in [9.17, 15) is 19.8 Å². The van der Waals surface area contributed by atoms with Crippen LogP contribution in [0.2, 0.25) is 0 Å². The number of rotatable bonds is 3. The molecule has 0 aromatic carbocycles. The molecule has 2 saturated carbocycles. The monoisotopic (exact) mass is 424 g/mol. The molecule has 5 rings (SSSR count). The number of methoxy groups -OCH3 is 2. The van der Waals surface area contributed by atoms with Crippen LogP contribution in [-0.2, 0) is 33.3 Å². The van der Waals surface area contributed by atoms with Crippen LogP contribution < -0.4 is 0 Å². The third kappa shape index (κ3) is 1.90. The molecule has 166 valence electrons. The molecule has 2 aliphatic carbocycles. The van der Waals surface area contributed by atoms with E-state index in [2.05, 4.69) is 0 Å². The molecule has 30 heavy (non-hydrogen) atoms. The van der Waals surface area contributed by atoms with Crippen LogP contribution in [0.15, 0.2) is 11.3 Å². The molecule has 0 radical (unpaired) electrons. The lowest BCUT2D eigenvalue weighted by Gasteiger charge is -2.59. The van der Waals surface area contributed by atoms with Crippen LogP contribution in [0.4, 0.5) is 0 Å². The molecule has 3 aliphatic heterocycles. The SMILES string of the molecule is COC(C)=C1CC2(OC1=O)C1OC1C1(O)C3C(=O)OC(C3C(C)(C)O)C(OC)C21C. The van der Waals surface area contributed by atoms with Crippen LogP contribution in [0.5, 0.6) is 0 Å². The van der Waals surface area contributed by atoms with Gasteiger partial charge in [0.2, 0.25) is 0 Å². The molecule has 0 aromatic rings. The summed E-state index contributed by atoms with van der Waals surface area (Å²) in [4.78, 5) is 25.8. The maximum Gasteiger partial charge on any atom is 0.338 e. The number of hydrogen-bond donors (Lipinski definition) is 2. The Hall–Kier alpha value is -1.68. The van der Waals surface area contributed by atoms with E-state index in [1.54, 1.807) is 27.7 Å². The van der Waals surface area contributed by atoms with Gasteiger partial charge in [-0.1, -0.05) is 6.92 Å². The number of hydrogen-bond acceptors (Lipinski definition) is 9. The van der Waals surface area contributed by atoms with Crippen molar-refractivity contribution in [3.8, 4) is 0 Å². The van der Waals surface area contributed by atoms with Gasteiger partial charge in [0.25, 0.3) is 0 Å². The van der Waals surface area contributed by atoms with Crippen LogP contribution in [0.1, 0.15) is 34.1 Å². The molecule has 3 heterocycles. The minimum Gasteiger partial charge on any atom is -0.501 e. The van der Waals surface area contributed by atoms with E-state index in [0.29, 0.717) is 11.3 Å². The average molecular weight is 424 g/mol. The molecule has 0 amide bonds. The highest BCUT2D eigenvalue weighted by Crippen LogP contribution is 2.75. The molecule has 0 aromatic heterocycles. The standard InChI is InChI=1S/C21H28O9/c1-8(26-5)9-7-20(30-16(9)22)14-15(29-14)21(25)11-10(18(2,3)24)12(28-17(11)23)13(27-6)19(20,21)4/h10-15,24-25H,7H2,1-6H3. The Morgan fingerprint density at radius 2 is 1.90 bits per heavy atom.